The number of aromatic nitrogens is 2. The molecule has 0 N–H and O–H groups in total. The van der Waals surface area contributed by atoms with Crippen LogP contribution in [-0.2, 0) is 22.9 Å². The highest BCUT2D eigenvalue weighted by Gasteiger charge is 2.31. The Kier molecular flexibility index (Phi) is 5.72. The first-order chi connectivity index (χ1) is 15.3. The van der Waals surface area contributed by atoms with E-state index in [2.05, 4.69) is 25.7 Å². The zero-order valence-electron chi connectivity index (χ0n) is 18.9. The number of fused-ring (bicyclic) bond motifs is 3. The molecule has 32 heavy (non-hydrogen) atoms. The van der Waals surface area contributed by atoms with Gasteiger partial charge in [0.05, 0.1) is 10.3 Å². The van der Waals surface area contributed by atoms with Gasteiger partial charge in [-0.2, -0.15) is 4.31 Å². The van der Waals surface area contributed by atoms with Crippen molar-refractivity contribution in [2.45, 2.75) is 50.8 Å². The Morgan fingerprint density at radius 3 is 2.47 bits per heavy atom. The normalized spacial score (nSPS) is 20.1. The molecule has 3 aromatic rings. The second kappa shape index (κ2) is 8.39. The van der Waals surface area contributed by atoms with E-state index in [1.165, 1.54) is 22.2 Å². The minimum Gasteiger partial charge on any atom is -0.353 e. The third-order valence-electron chi connectivity index (χ3n) is 6.59. The maximum Gasteiger partial charge on any atom is 0.243 e. The van der Waals surface area contributed by atoms with Gasteiger partial charge in [-0.05, 0) is 42.9 Å². The summed E-state index contributed by atoms with van der Waals surface area (Å²) in [7, 11) is -3.47. The van der Waals surface area contributed by atoms with Gasteiger partial charge in [0, 0.05) is 37.0 Å². The van der Waals surface area contributed by atoms with Crippen LogP contribution in [0, 0.1) is 5.92 Å². The molecule has 6 nitrogen and oxygen atoms in total. The van der Waals surface area contributed by atoms with E-state index in [-0.39, 0.29) is 5.92 Å². The van der Waals surface area contributed by atoms with Crippen LogP contribution in [0.4, 0.5) is 5.82 Å². The first kappa shape index (κ1) is 21.8. The van der Waals surface area contributed by atoms with Gasteiger partial charge in [-0.3, -0.25) is 0 Å². The Labute approximate surface area is 194 Å². The minimum absolute atomic E-state index is 0.246. The number of hydrogen-bond acceptors (Lipinski definition) is 6. The van der Waals surface area contributed by atoms with Crippen molar-refractivity contribution in [1.82, 2.24) is 14.3 Å². The standard InChI is InChI=1S/C24H30N4O2S2/c1-16(2)22-25-23(21-19-10-9-17(3)15-20(19)31-24(21)26-22)27-11-13-28(14-12-27)32(29,30)18-7-5-4-6-8-18/h4-8,16-17H,9-15H2,1-3H3. The van der Waals surface area contributed by atoms with Crippen molar-refractivity contribution in [2.24, 2.45) is 5.92 Å². The van der Waals surface area contributed by atoms with E-state index < -0.39 is 10.0 Å². The maximum absolute atomic E-state index is 13.1. The molecule has 2 aromatic heterocycles. The zero-order chi connectivity index (χ0) is 22.5. The molecule has 1 fully saturated rings. The van der Waals surface area contributed by atoms with Gasteiger partial charge < -0.3 is 4.90 Å². The van der Waals surface area contributed by atoms with Crippen molar-refractivity contribution in [3.05, 3.63) is 46.6 Å². The first-order valence-corrected chi connectivity index (χ1v) is 13.7. The highest BCUT2D eigenvalue weighted by molar-refractivity contribution is 7.89. The van der Waals surface area contributed by atoms with Gasteiger partial charge in [-0.15, -0.1) is 11.3 Å². The summed E-state index contributed by atoms with van der Waals surface area (Å²) in [6.07, 6.45) is 3.40. The maximum atomic E-state index is 13.1. The number of nitrogens with zero attached hydrogens (tertiary/aromatic N) is 4. The van der Waals surface area contributed by atoms with Crippen LogP contribution in [0.15, 0.2) is 35.2 Å². The van der Waals surface area contributed by atoms with Gasteiger partial charge in [-0.1, -0.05) is 39.0 Å². The van der Waals surface area contributed by atoms with Crippen molar-refractivity contribution in [3.8, 4) is 0 Å². The second-order valence-corrected chi connectivity index (χ2v) is 12.3. The molecule has 8 heteroatoms. The molecular weight excluding hydrogens is 440 g/mol. The molecule has 0 bridgehead atoms. The van der Waals surface area contributed by atoms with Crippen LogP contribution in [-0.4, -0.2) is 48.9 Å². The van der Waals surface area contributed by atoms with E-state index in [0.29, 0.717) is 37.0 Å². The van der Waals surface area contributed by atoms with Crippen LogP contribution in [0.1, 0.15) is 49.4 Å². The number of anilines is 1. The van der Waals surface area contributed by atoms with Crippen molar-refractivity contribution in [2.75, 3.05) is 31.1 Å². The van der Waals surface area contributed by atoms with E-state index in [0.717, 1.165) is 29.3 Å². The summed E-state index contributed by atoms with van der Waals surface area (Å²) < 4.78 is 27.7. The van der Waals surface area contributed by atoms with E-state index >= 15 is 0 Å². The summed E-state index contributed by atoms with van der Waals surface area (Å²) in [5.74, 6) is 2.83. The molecule has 1 saturated heterocycles. The monoisotopic (exact) mass is 470 g/mol. The number of rotatable bonds is 4. The average molecular weight is 471 g/mol. The number of benzene rings is 1. The van der Waals surface area contributed by atoms with Crippen LogP contribution in [0.2, 0.25) is 0 Å². The summed E-state index contributed by atoms with van der Waals surface area (Å²) in [5.41, 5.74) is 1.42. The Hall–Kier alpha value is -2.03. The molecule has 1 unspecified atom stereocenters. The van der Waals surface area contributed by atoms with Gasteiger partial charge >= 0.3 is 0 Å². The fourth-order valence-electron chi connectivity index (χ4n) is 4.71. The van der Waals surface area contributed by atoms with E-state index in [1.807, 2.05) is 17.4 Å². The molecule has 0 amide bonds. The molecule has 1 aliphatic heterocycles. The molecule has 0 saturated carbocycles. The third kappa shape index (κ3) is 3.82. The van der Waals surface area contributed by atoms with Crippen molar-refractivity contribution < 1.29 is 8.42 Å². The van der Waals surface area contributed by atoms with Crippen molar-refractivity contribution in [1.29, 1.82) is 0 Å². The quantitative estimate of drug-likeness (QED) is 0.564. The predicted molar refractivity (Wildman–Crippen MR) is 130 cm³/mol. The summed E-state index contributed by atoms with van der Waals surface area (Å²) in [4.78, 5) is 15.1. The lowest BCUT2D eigenvalue weighted by Gasteiger charge is -2.35. The third-order valence-corrected chi connectivity index (χ3v) is 9.65. The average Bonchev–Trinajstić information content (AvgIpc) is 3.16. The number of hydrogen-bond donors (Lipinski definition) is 0. The molecule has 5 rings (SSSR count). The second-order valence-electron chi connectivity index (χ2n) is 9.30. The Morgan fingerprint density at radius 2 is 1.78 bits per heavy atom. The lowest BCUT2D eigenvalue weighted by atomic mass is 9.89. The lowest BCUT2D eigenvalue weighted by Crippen LogP contribution is -2.49. The molecule has 170 valence electrons. The predicted octanol–water partition coefficient (Wildman–Crippen LogP) is 4.45. The fourth-order valence-corrected chi connectivity index (χ4v) is 7.54. The highest BCUT2D eigenvalue weighted by atomic mass is 32.2. The van der Waals surface area contributed by atoms with Gasteiger partial charge in [0.15, 0.2) is 0 Å². The summed E-state index contributed by atoms with van der Waals surface area (Å²) >= 11 is 1.83. The highest BCUT2D eigenvalue weighted by Crippen LogP contribution is 2.41. The molecule has 1 atom stereocenters. The molecule has 0 spiro atoms. The fraction of sp³-hybridized carbons (Fsp3) is 0.500. The molecule has 1 aliphatic carbocycles. The van der Waals surface area contributed by atoms with Crippen LogP contribution in [0.3, 0.4) is 0 Å². The molecule has 0 radical (unpaired) electrons. The van der Waals surface area contributed by atoms with Gasteiger partial charge in [0.2, 0.25) is 10.0 Å². The molecule has 2 aliphatic rings. The molecule has 1 aromatic carbocycles. The number of piperazine rings is 1. The topological polar surface area (TPSA) is 66.4 Å². The SMILES string of the molecule is CC1CCc2c(sc3nc(C(C)C)nc(N4CCN(S(=O)(=O)c5ccccc5)CC4)c23)C1. The summed E-state index contributed by atoms with van der Waals surface area (Å²) in [6.45, 7) is 8.78. The van der Waals surface area contributed by atoms with Crippen molar-refractivity contribution >= 4 is 37.4 Å². The van der Waals surface area contributed by atoms with Gasteiger partial charge in [0.1, 0.15) is 16.5 Å². The number of sulfonamides is 1. The van der Waals surface area contributed by atoms with Crippen molar-refractivity contribution in [3.63, 3.8) is 0 Å². The smallest absolute Gasteiger partial charge is 0.243 e. The first-order valence-electron chi connectivity index (χ1n) is 11.5. The van der Waals surface area contributed by atoms with Crippen LogP contribution >= 0.6 is 11.3 Å². The van der Waals surface area contributed by atoms with E-state index in [1.54, 1.807) is 28.6 Å². The number of aryl methyl sites for hydroxylation is 1. The van der Waals surface area contributed by atoms with Crippen LogP contribution < -0.4 is 4.90 Å². The minimum atomic E-state index is -3.47. The summed E-state index contributed by atoms with van der Waals surface area (Å²) in [6, 6.07) is 8.72. The van der Waals surface area contributed by atoms with E-state index in [4.69, 9.17) is 9.97 Å². The largest absolute Gasteiger partial charge is 0.353 e. The van der Waals surface area contributed by atoms with E-state index in [9.17, 15) is 8.42 Å². The lowest BCUT2D eigenvalue weighted by molar-refractivity contribution is 0.384. The molecular formula is C24H30N4O2S2. The zero-order valence-corrected chi connectivity index (χ0v) is 20.5. The number of thiophene rings is 1. The van der Waals surface area contributed by atoms with Gasteiger partial charge in [-0.25, -0.2) is 18.4 Å². The summed E-state index contributed by atoms with van der Waals surface area (Å²) in [5, 5.41) is 1.21. The Morgan fingerprint density at radius 1 is 1.06 bits per heavy atom. The Balaban J connectivity index is 1.48. The van der Waals surface area contributed by atoms with Crippen LogP contribution in [0.5, 0.6) is 0 Å². The van der Waals surface area contributed by atoms with Crippen LogP contribution in [0.25, 0.3) is 10.2 Å². The molecule has 3 heterocycles. The Bertz CT molecular complexity index is 1230. The van der Waals surface area contributed by atoms with Gasteiger partial charge in [0.25, 0.3) is 0 Å².